The lowest BCUT2D eigenvalue weighted by Crippen LogP contribution is -2.12. The van der Waals surface area contributed by atoms with Crippen molar-refractivity contribution < 1.29 is 18.9 Å². The van der Waals surface area contributed by atoms with Crippen LogP contribution in [0.3, 0.4) is 0 Å². The van der Waals surface area contributed by atoms with Gasteiger partial charge in [0.15, 0.2) is 11.6 Å². The molecule has 0 saturated heterocycles. The number of hydrogen-bond acceptors (Lipinski definition) is 8. The molecule has 0 bridgehead atoms. The summed E-state index contributed by atoms with van der Waals surface area (Å²) >= 11 is 0. The Morgan fingerprint density at radius 3 is 1.87 bits per heavy atom. The van der Waals surface area contributed by atoms with Crippen LogP contribution in [0.1, 0.15) is 0 Å². The highest BCUT2D eigenvalue weighted by molar-refractivity contribution is 5.80. The number of imidazole rings is 2. The van der Waals surface area contributed by atoms with Crippen molar-refractivity contribution in [3.05, 3.63) is 79.1 Å². The van der Waals surface area contributed by atoms with E-state index in [2.05, 4.69) is 29.9 Å². The molecule has 4 aromatic heterocycles. The third-order valence-corrected chi connectivity index (χ3v) is 6.02. The zero-order valence-corrected chi connectivity index (χ0v) is 21.3. The lowest BCUT2D eigenvalue weighted by Gasteiger charge is -2.09. The van der Waals surface area contributed by atoms with Crippen molar-refractivity contribution in [3.63, 3.8) is 0 Å². The summed E-state index contributed by atoms with van der Waals surface area (Å²) in [5.41, 5.74) is 5.00. The number of rotatable bonds is 11. The highest BCUT2D eigenvalue weighted by Crippen LogP contribution is 2.25. The topological polar surface area (TPSA) is 120 Å². The zero-order valence-electron chi connectivity index (χ0n) is 21.3. The molecule has 2 N–H and O–H groups in total. The van der Waals surface area contributed by atoms with Crippen molar-refractivity contribution in [2.24, 2.45) is 0 Å². The van der Waals surface area contributed by atoms with E-state index >= 15 is 0 Å². The van der Waals surface area contributed by atoms with E-state index in [0.29, 0.717) is 55.3 Å². The number of aromatic amines is 2. The van der Waals surface area contributed by atoms with Gasteiger partial charge in [0, 0.05) is 30.6 Å². The van der Waals surface area contributed by atoms with Crippen LogP contribution >= 0.6 is 0 Å². The molecule has 10 heteroatoms. The quantitative estimate of drug-likeness (QED) is 0.227. The van der Waals surface area contributed by atoms with Crippen LogP contribution in [0.5, 0.6) is 17.2 Å². The van der Waals surface area contributed by atoms with E-state index < -0.39 is 0 Å². The lowest BCUT2D eigenvalue weighted by atomic mass is 10.3. The summed E-state index contributed by atoms with van der Waals surface area (Å²) < 4.78 is 22.6. The number of aromatic nitrogens is 6. The van der Waals surface area contributed by atoms with Crippen LogP contribution in [0.15, 0.2) is 79.1 Å². The minimum absolute atomic E-state index is 0.395. The van der Waals surface area contributed by atoms with E-state index in [9.17, 15) is 0 Å². The molecule has 0 fully saturated rings. The smallest absolute Gasteiger partial charge is 0.157 e. The summed E-state index contributed by atoms with van der Waals surface area (Å²) in [5, 5.41) is 0. The molecule has 0 radical (unpaired) electrons. The summed E-state index contributed by atoms with van der Waals surface area (Å²) in [5.74, 6) is 3.52. The van der Waals surface area contributed by atoms with E-state index in [-0.39, 0.29) is 0 Å². The predicted octanol–water partition coefficient (Wildman–Crippen LogP) is 5.05. The van der Waals surface area contributed by atoms with Crippen LogP contribution in [0, 0.1) is 0 Å². The highest BCUT2D eigenvalue weighted by Gasteiger charge is 2.10. The third-order valence-electron chi connectivity index (χ3n) is 6.02. The molecule has 2 aromatic carbocycles. The van der Waals surface area contributed by atoms with E-state index in [1.54, 1.807) is 25.6 Å². The van der Waals surface area contributed by atoms with Gasteiger partial charge in [0.25, 0.3) is 0 Å². The van der Waals surface area contributed by atoms with Gasteiger partial charge in [0.1, 0.15) is 41.9 Å². The number of H-pyrrole nitrogens is 2. The molecule has 0 amide bonds. The first-order valence-corrected chi connectivity index (χ1v) is 12.5. The number of benzene rings is 2. The maximum Gasteiger partial charge on any atom is 0.157 e. The average Bonchev–Trinajstić information content (AvgIpc) is 3.61. The molecule has 0 spiro atoms. The Morgan fingerprint density at radius 1 is 0.615 bits per heavy atom. The summed E-state index contributed by atoms with van der Waals surface area (Å²) in [6.45, 7) is 1.65. The second kappa shape index (κ2) is 11.2. The van der Waals surface area contributed by atoms with Gasteiger partial charge in [0.2, 0.25) is 0 Å². The number of fused-ring (bicyclic) bond motifs is 2. The number of pyridine rings is 2. The molecule has 0 atom stereocenters. The third kappa shape index (κ3) is 5.65. The molecule has 0 saturated carbocycles. The van der Waals surface area contributed by atoms with Gasteiger partial charge < -0.3 is 28.9 Å². The molecule has 39 heavy (non-hydrogen) atoms. The van der Waals surface area contributed by atoms with Gasteiger partial charge in [-0.3, -0.25) is 9.97 Å². The van der Waals surface area contributed by atoms with Gasteiger partial charge in [-0.25, -0.2) is 9.97 Å². The normalized spacial score (nSPS) is 11.2. The van der Waals surface area contributed by atoms with Crippen molar-refractivity contribution >= 4 is 22.1 Å². The molecule has 0 aliphatic rings. The summed E-state index contributed by atoms with van der Waals surface area (Å²) in [6, 6.07) is 20.9. The molecule has 0 aliphatic heterocycles. The lowest BCUT2D eigenvalue weighted by molar-refractivity contribution is 0.0764. The first-order chi connectivity index (χ1) is 19.2. The van der Waals surface area contributed by atoms with Gasteiger partial charge in [-0.2, -0.15) is 0 Å². The van der Waals surface area contributed by atoms with Crippen molar-refractivity contribution in [2.75, 3.05) is 33.5 Å². The van der Waals surface area contributed by atoms with E-state index in [1.165, 1.54) is 0 Å². The van der Waals surface area contributed by atoms with Crippen LogP contribution in [-0.2, 0) is 4.74 Å². The Balaban J connectivity index is 0.959. The highest BCUT2D eigenvalue weighted by atomic mass is 16.5. The van der Waals surface area contributed by atoms with Crippen molar-refractivity contribution in [1.82, 2.24) is 29.9 Å². The SMILES string of the molecule is COc1ccc2nc(-c3cc(OCCOCCOc4ccnc(-c5nc6ccccc6[nH]5)c4)ccn3)[nH]c2c1. The second-order valence-corrected chi connectivity index (χ2v) is 8.63. The first kappa shape index (κ1) is 24.4. The fourth-order valence-electron chi connectivity index (χ4n) is 4.11. The fraction of sp³-hybridized carbons (Fsp3) is 0.172. The standard InChI is InChI=1S/C29H26N6O4/c1-36-19-6-7-24-25(16-19)35-29(34-24)27-18-21(9-11-31-27)39-15-13-37-12-14-38-20-8-10-30-26(17-20)28-32-22-4-2-3-5-23(22)33-28/h2-11,16-18H,12-15H2,1H3,(H,32,33)(H,34,35). The number of methoxy groups -OCH3 is 1. The van der Waals surface area contributed by atoms with Gasteiger partial charge in [-0.15, -0.1) is 0 Å². The summed E-state index contributed by atoms with van der Waals surface area (Å²) in [6.07, 6.45) is 3.40. The van der Waals surface area contributed by atoms with E-state index in [1.807, 2.05) is 60.7 Å². The molecular weight excluding hydrogens is 496 g/mol. The molecule has 0 unspecified atom stereocenters. The van der Waals surface area contributed by atoms with E-state index in [4.69, 9.17) is 18.9 Å². The molecule has 196 valence electrons. The Labute approximate surface area is 224 Å². The van der Waals surface area contributed by atoms with Crippen LogP contribution in [0.25, 0.3) is 45.1 Å². The van der Waals surface area contributed by atoms with Crippen molar-refractivity contribution in [3.8, 4) is 40.3 Å². The van der Waals surface area contributed by atoms with Crippen molar-refractivity contribution in [2.45, 2.75) is 0 Å². The minimum Gasteiger partial charge on any atom is -0.497 e. The van der Waals surface area contributed by atoms with Gasteiger partial charge in [-0.05, 0) is 36.4 Å². The Bertz CT molecular complexity index is 1680. The maximum absolute atomic E-state index is 5.85. The second-order valence-electron chi connectivity index (χ2n) is 8.63. The van der Waals surface area contributed by atoms with Crippen molar-refractivity contribution in [1.29, 1.82) is 0 Å². The van der Waals surface area contributed by atoms with E-state index in [0.717, 1.165) is 33.5 Å². The largest absolute Gasteiger partial charge is 0.497 e. The van der Waals surface area contributed by atoms with Crippen LogP contribution < -0.4 is 14.2 Å². The molecule has 4 heterocycles. The first-order valence-electron chi connectivity index (χ1n) is 12.5. The predicted molar refractivity (Wildman–Crippen MR) is 147 cm³/mol. The number of nitrogens with zero attached hydrogens (tertiary/aromatic N) is 4. The van der Waals surface area contributed by atoms with Crippen LogP contribution in [0.2, 0.25) is 0 Å². The molecule has 6 aromatic rings. The number of ether oxygens (including phenoxy) is 4. The number of hydrogen-bond donors (Lipinski definition) is 2. The molecule has 10 nitrogen and oxygen atoms in total. The van der Waals surface area contributed by atoms with Gasteiger partial charge in [-0.1, -0.05) is 12.1 Å². The summed E-state index contributed by atoms with van der Waals surface area (Å²) in [7, 11) is 1.64. The zero-order chi connectivity index (χ0) is 26.4. The fourth-order valence-corrected chi connectivity index (χ4v) is 4.11. The Kier molecular flexibility index (Phi) is 7.00. The Morgan fingerprint density at radius 2 is 1.23 bits per heavy atom. The molecule has 0 aliphatic carbocycles. The average molecular weight is 523 g/mol. The number of nitrogens with one attached hydrogen (secondary N) is 2. The van der Waals surface area contributed by atoms with Gasteiger partial charge in [0.05, 0.1) is 42.4 Å². The maximum atomic E-state index is 5.85. The van der Waals surface area contributed by atoms with Crippen LogP contribution in [-0.4, -0.2) is 63.4 Å². The van der Waals surface area contributed by atoms with Crippen LogP contribution in [0.4, 0.5) is 0 Å². The van der Waals surface area contributed by atoms with Gasteiger partial charge >= 0.3 is 0 Å². The summed E-state index contributed by atoms with van der Waals surface area (Å²) in [4.78, 5) is 24.6. The molecule has 6 rings (SSSR count). The number of para-hydroxylation sites is 2. The molecular formula is C29H26N6O4. The Hall–Kier alpha value is -4.96. The minimum atomic E-state index is 0.395. The monoisotopic (exact) mass is 522 g/mol.